The minimum Gasteiger partial charge on any atom is -0.466 e. The van der Waals surface area contributed by atoms with Gasteiger partial charge in [0.25, 0.3) is 0 Å². The zero-order valence-corrected chi connectivity index (χ0v) is 13.3. The standard InChI is InChI=1S/C16H20N2O6/c1-2-23-14(19)12-8-18(16(21)22)9-13(12)17-15(20)24-10-11-6-4-3-5-7-11/h3-7,12-13H,2,8-10H2,1H3,(H,17,20)(H,21,22). The molecule has 0 aliphatic carbocycles. The first-order valence-corrected chi connectivity index (χ1v) is 7.63. The molecule has 1 fully saturated rings. The molecule has 130 valence electrons. The van der Waals surface area contributed by atoms with Gasteiger partial charge in [0, 0.05) is 13.1 Å². The normalized spacial score (nSPS) is 19.6. The van der Waals surface area contributed by atoms with E-state index in [4.69, 9.17) is 14.6 Å². The molecule has 0 spiro atoms. The van der Waals surface area contributed by atoms with E-state index in [9.17, 15) is 14.4 Å². The molecule has 2 unspecified atom stereocenters. The second-order valence-corrected chi connectivity index (χ2v) is 5.36. The first kappa shape index (κ1) is 17.6. The Kier molecular flexibility index (Phi) is 6.00. The molecule has 2 rings (SSSR count). The molecule has 8 heteroatoms. The number of likely N-dealkylation sites (tertiary alicyclic amines) is 1. The Hall–Kier alpha value is -2.77. The number of carbonyl (C=O) groups is 3. The fraction of sp³-hybridized carbons (Fsp3) is 0.438. The van der Waals surface area contributed by atoms with Crippen molar-refractivity contribution in [3.63, 3.8) is 0 Å². The fourth-order valence-corrected chi connectivity index (χ4v) is 2.51. The van der Waals surface area contributed by atoms with Gasteiger partial charge in [-0.05, 0) is 12.5 Å². The molecule has 0 aromatic heterocycles. The number of nitrogens with zero attached hydrogens (tertiary/aromatic N) is 1. The second kappa shape index (κ2) is 8.19. The molecule has 1 aromatic rings. The molecule has 1 aliphatic heterocycles. The van der Waals surface area contributed by atoms with Crippen LogP contribution in [0.1, 0.15) is 12.5 Å². The molecule has 1 saturated heterocycles. The highest BCUT2D eigenvalue weighted by molar-refractivity contribution is 5.78. The van der Waals surface area contributed by atoms with E-state index < -0.39 is 30.1 Å². The predicted molar refractivity (Wildman–Crippen MR) is 83.3 cm³/mol. The van der Waals surface area contributed by atoms with Crippen LogP contribution in [0.15, 0.2) is 30.3 Å². The van der Waals surface area contributed by atoms with Crippen LogP contribution in [-0.2, 0) is 20.9 Å². The highest BCUT2D eigenvalue weighted by atomic mass is 16.5. The maximum absolute atomic E-state index is 12.0. The van der Waals surface area contributed by atoms with Gasteiger partial charge in [-0.2, -0.15) is 0 Å². The summed E-state index contributed by atoms with van der Waals surface area (Å²) in [5, 5.41) is 11.6. The molecule has 0 bridgehead atoms. The number of esters is 1. The van der Waals surface area contributed by atoms with Gasteiger partial charge in [-0.3, -0.25) is 4.79 Å². The van der Waals surface area contributed by atoms with Crippen LogP contribution in [0.3, 0.4) is 0 Å². The number of carbonyl (C=O) groups excluding carboxylic acids is 2. The molecule has 8 nitrogen and oxygen atoms in total. The first-order valence-electron chi connectivity index (χ1n) is 7.63. The van der Waals surface area contributed by atoms with Crippen molar-refractivity contribution in [3.8, 4) is 0 Å². The van der Waals surface area contributed by atoms with Gasteiger partial charge >= 0.3 is 18.2 Å². The molecule has 0 radical (unpaired) electrons. The summed E-state index contributed by atoms with van der Waals surface area (Å²) in [7, 11) is 0. The minimum absolute atomic E-state index is 0.0131. The number of hydrogen-bond donors (Lipinski definition) is 2. The number of ether oxygens (including phenoxy) is 2. The largest absolute Gasteiger partial charge is 0.466 e. The van der Waals surface area contributed by atoms with E-state index in [0.717, 1.165) is 10.5 Å². The summed E-state index contributed by atoms with van der Waals surface area (Å²) in [6.07, 6.45) is -1.85. The van der Waals surface area contributed by atoms with Crippen LogP contribution in [0.25, 0.3) is 0 Å². The summed E-state index contributed by atoms with van der Waals surface area (Å²) in [4.78, 5) is 36.0. The quantitative estimate of drug-likeness (QED) is 0.789. The van der Waals surface area contributed by atoms with Gasteiger partial charge < -0.3 is 24.8 Å². The van der Waals surface area contributed by atoms with Crippen molar-refractivity contribution >= 4 is 18.2 Å². The third-order valence-corrected chi connectivity index (χ3v) is 3.70. The van der Waals surface area contributed by atoms with E-state index in [2.05, 4.69) is 5.32 Å². The molecule has 1 heterocycles. The van der Waals surface area contributed by atoms with Gasteiger partial charge in [0.15, 0.2) is 0 Å². The monoisotopic (exact) mass is 336 g/mol. The molecule has 2 N–H and O–H groups in total. The Balaban J connectivity index is 1.92. The van der Waals surface area contributed by atoms with Crippen LogP contribution < -0.4 is 5.32 Å². The minimum atomic E-state index is -1.15. The Morgan fingerprint density at radius 3 is 2.54 bits per heavy atom. The summed E-state index contributed by atoms with van der Waals surface area (Å²) >= 11 is 0. The van der Waals surface area contributed by atoms with Gasteiger partial charge in [0.2, 0.25) is 0 Å². The molecule has 2 amide bonds. The van der Waals surface area contributed by atoms with Crippen molar-refractivity contribution in [2.24, 2.45) is 5.92 Å². The molecule has 1 aliphatic rings. The van der Waals surface area contributed by atoms with Crippen LogP contribution in [0, 0.1) is 5.92 Å². The molecule has 24 heavy (non-hydrogen) atoms. The van der Waals surface area contributed by atoms with Crippen molar-refractivity contribution in [2.45, 2.75) is 19.6 Å². The van der Waals surface area contributed by atoms with Gasteiger partial charge in [-0.25, -0.2) is 9.59 Å². The Labute approximate surface area is 139 Å². The van der Waals surface area contributed by atoms with E-state index in [-0.39, 0.29) is 26.3 Å². The third-order valence-electron chi connectivity index (χ3n) is 3.70. The van der Waals surface area contributed by atoms with Gasteiger partial charge in [-0.15, -0.1) is 0 Å². The van der Waals surface area contributed by atoms with Crippen molar-refractivity contribution in [3.05, 3.63) is 35.9 Å². The summed E-state index contributed by atoms with van der Waals surface area (Å²) < 4.78 is 10.0. The highest BCUT2D eigenvalue weighted by Gasteiger charge is 2.41. The molecular weight excluding hydrogens is 316 g/mol. The number of amides is 2. The summed E-state index contributed by atoms with van der Waals surface area (Å²) in [5.41, 5.74) is 0.827. The van der Waals surface area contributed by atoms with Gasteiger partial charge in [0.05, 0.1) is 18.6 Å². The first-order chi connectivity index (χ1) is 11.5. The molecule has 2 atom stereocenters. The van der Waals surface area contributed by atoms with Crippen molar-refractivity contribution in [1.29, 1.82) is 0 Å². The van der Waals surface area contributed by atoms with Crippen molar-refractivity contribution < 1.29 is 29.0 Å². The number of alkyl carbamates (subject to hydrolysis) is 1. The number of rotatable bonds is 5. The smallest absolute Gasteiger partial charge is 0.407 e. The number of hydrogen-bond acceptors (Lipinski definition) is 5. The van der Waals surface area contributed by atoms with E-state index in [0.29, 0.717) is 0 Å². The summed E-state index contributed by atoms with van der Waals surface area (Å²) in [5.74, 6) is -1.28. The van der Waals surface area contributed by atoms with E-state index in [1.807, 2.05) is 30.3 Å². The number of nitrogens with one attached hydrogen (secondary N) is 1. The Bertz CT molecular complexity index is 591. The van der Waals surface area contributed by atoms with E-state index in [1.165, 1.54) is 0 Å². The second-order valence-electron chi connectivity index (χ2n) is 5.36. The lowest BCUT2D eigenvalue weighted by molar-refractivity contribution is -0.148. The number of benzene rings is 1. The van der Waals surface area contributed by atoms with E-state index in [1.54, 1.807) is 6.92 Å². The molecule has 0 saturated carbocycles. The average molecular weight is 336 g/mol. The van der Waals surface area contributed by atoms with Crippen LogP contribution in [0.2, 0.25) is 0 Å². The maximum Gasteiger partial charge on any atom is 0.407 e. The lowest BCUT2D eigenvalue weighted by Gasteiger charge is -2.18. The molecular formula is C16H20N2O6. The van der Waals surface area contributed by atoms with Crippen LogP contribution in [-0.4, -0.2) is 53.9 Å². The zero-order valence-electron chi connectivity index (χ0n) is 13.3. The SMILES string of the molecule is CCOC(=O)C1CN(C(=O)O)CC1NC(=O)OCc1ccccc1. The number of carboxylic acid groups (broad SMARTS) is 1. The zero-order chi connectivity index (χ0) is 17.5. The van der Waals surface area contributed by atoms with Crippen molar-refractivity contribution in [2.75, 3.05) is 19.7 Å². The van der Waals surface area contributed by atoms with E-state index >= 15 is 0 Å². The van der Waals surface area contributed by atoms with Crippen LogP contribution in [0.4, 0.5) is 9.59 Å². The third kappa shape index (κ3) is 4.61. The lowest BCUT2D eigenvalue weighted by Crippen LogP contribution is -2.43. The lowest BCUT2D eigenvalue weighted by atomic mass is 10.0. The summed E-state index contributed by atoms with van der Waals surface area (Å²) in [6, 6.07) is 8.47. The van der Waals surface area contributed by atoms with Crippen LogP contribution >= 0.6 is 0 Å². The average Bonchev–Trinajstić information content (AvgIpc) is 2.98. The topological polar surface area (TPSA) is 105 Å². The van der Waals surface area contributed by atoms with Crippen molar-refractivity contribution in [1.82, 2.24) is 10.2 Å². The van der Waals surface area contributed by atoms with Gasteiger partial charge in [0.1, 0.15) is 6.61 Å². The predicted octanol–water partition coefficient (Wildman–Crippen LogP) is 1.45. The fourth-order valence-electron chi connectivity index (χ4n) is 2.51. The van der Waals surface area contributed by atoms with Gasteiger partial charge in [-0.1, -0.05) is 30.3 Å². The Morgan fingerprint density at radius 1 is 1.21 bits per heavy atom. The molecule has 1 aromatic carbocycles. The summed E-state index contributed by atoms with van der Waals surface area (Å²) in [6.45, 7) is 1.94. The highest BCUT2D eigenvalue weighted by Crippen LogP contribution is 2.19. The van der Waals surface area contributed by atoms with Crippen LogP contribution in [0.5, 0.6) is 0 Å². The maximum atomic E-state index is 12.0. The Morgan fingerprint density at radius 2 is 1.92 bits per heavy atom.